The van der Waals surface area contributed by atoms with Crippen molar-refractivity contribution < 1.29 is 4.48 Å². The first-order chi connectivity index (χ1) is 11.6. The zero-order chi connectivity index (χ0) is 17.7. The molecule has 0 heterocycles. The van der Waals surface area contributed by atoms with E-state index in [4.69, 9.17) is 0 Å². The highest BCUT2D eigenvalue weighted by atomic mass is 15.3. The van der Waals surface area contributed by atoms with E-state index in [1.165, 1.54) is 82.7 Å². The molecule has 0 aliphatic heterocycles. The largest absolute Gasteiger partial charge is 0.322 e. The van der Waals surface area contributed by atoms with Crippen LogP contribution in [0.1, 0.15) is 96.1 Å². The molecule has 0 unspecified atom stereocenters. The summed E-state index contributed by atoms with van der Waals surface area (Å²) < 4.78 is 1.12. The Balaban J connectivity index is 2.18. The molecule has 1 heteroatoms. The molecule has 0 saturated carbocycles. The molecule has 1 nitrogen and oxygen atoms in total. The molecular formula is C23H42N+. The third kappa shape index (κ3) is 8.33. The van der Waals surface area contributed by atoms with Crippen LogP contribution in [0.3, 0.4) is 0 Å². The van der Waals surface area contributed by atoms with E-state index < -0.39 is 0 Å². The minimum atomic E-state index is 0.629. The molecule has 24 heavy (non-hydrogen) atoms. The van der Waals surface area contributed by atoms with Gasteiger partial charge in [-0.25, -0.2) is 0 Å². The van der Waals surface area contributed by atoms with Crippen LogP contribution >= 0.6 is 0 Å². The van der Waals surface area contributed by atoms with Gasteiger partial charge in [-0.3, -0.25) is 0 Å². The topological polar surface area (TPSA) is 0 Å². The Hall–Kier alpha value is -0.820. The smallest absolute Gasteiger partial charge is 0.114 e. The number of nitrogens with zero attached hydrogens (tertiary/aromatic N) is 1. The number of quaternary nitrogens is 1. The molecule has 0 saturated heterocycles. The monoisotopic (exact) mass is 332 g/mol. The predicted octanol–water partition coefficient (Wildman–Crippen LogP) is 7.14. The Labute approximate surface area is 152 Å². The van der Waals surface area contributed by atoms with Crippen LogP contribution in [0.5, 0.6) is 0 Å². The standard InChI is InChI=1S/C23H42N/c1-5-7-8-9-10-11-12-13-14-18-21-24(3,4)23(6-2)22-19-16-15-17-20-22/h15-17,19-20,23H,5-14,18,21H2,1-4H3/q+1/t23-/m0/s1. The Morgan fingerprint density at radius 2 is 1.21 bits per heavy atom. The third-order valence-electron chi connectivity index (χ3n) is 5.50. The Morgan fingerprint density at radius 1 is 0.708 bits per heavy atom. The summed E-state index contributed by atoms with van der Waals surface area (Å²) in [7, 11) is 4.82. The molecule has 1 atom stereocenters. The van der Waals surface area contributed by atoms with E-state index in [0.717, 1.165) is 4.48 Å². The quantitative estimate of drug-likeness (QED) is 0.251. The molecule has 1 aromatic carbocycles. The van der Waals surface area contributed by atoms with E-state index in [1.54, 1.807) is 0 Å². The van der Waals surface area contributed by atoms with Gasteiger partial charge in [0.15, 0.2) is 0 Å². The fraction of sp³-hybridized carbons (Fsp3) is 0.739. The van der Waals surface area contributed by atoms with E-state index in [1.807, 2.05) is 0 Å². The molecule has 0 N–H and O–H groups in total. The summed E-state index contributed by atoms with van der Waals surface area (Å²) in [6.45, 7) is 5.92. The molecule has 1 rings (SSSR count). The Bertz CT molecular complexity index is 396. The van der Waals surface area contributed by atoms with E-state index in [9.17, 15) is 0 Å². The van der Waals surface area contributed by atoms with Crippen LogP contribution in [0, 0.1) is 0 Å². The highest BCUT2D eigenvalue weighted by Gasteiger charge is 2.27. The fourth-order valence-corrected chi connectivity index (χ4v) is 3.97. The summed E-state index contributed by atoms with van der Waals surface area (Å²) in [5.74, 6) is 0. The summed E-state index contributed by atoms with van der Waals surface area (Å²) >= 11 is 0. The number of hydrogen-bond donors (Lipinski definition) is 0. The lowest BCUT2D eigenvalue weighted by molar-refractivity contribution is -0.921. The average Bonchev–Trinajstić information content (AvgIpc) is 2.58. The number of hydrogen-bond acceptors (Lipinski definition) is 0. The van der Waals surface area contributed by atoms with Gasteiger partial charge < -0.3 is 4.48 Å². The molecule has 0 amide bonds. The van der Waals surface area contributed by atoms with Crippen molar-refractivity contribution in [1.29, 1.82) is 0 Å². The lowest BCUT2D eigenvalue weighted by atomic mass is 10.0. The summed E-state index contributed by atoms with van der Waals surface area (Å²) in [5, 5.41) is 0. The second-order valence-electron chi connectivity index (χ2n) is 8.02. The molecule has 0 aromatic heterocycles. The minimum absolute atomic E-state index is 0.629. The number of unbranched alkanes of at least 4 members (excludes halogenated alkanes) is 9. The van der Waals surface area contributed by atoms with Crippen molar-refractivity contribution in [2.45, 2.75) is 90.5 Å². The van der Waals surface area contributed by atoms with Crippen LogP contribution in [0.15, 0.2) is 30.3 Å². The fourth-order valence-electron chi connectivity index (χ4n) is 3.97. The van der Waals surface area contributed by atoms with Crippen molar-refractivity contribution in [3.63, 3.8) is 0 Å². The van der Waals surface area contributed by atoms with E-state index in [-0.39, 0.29) is 0 Å². The van der Waals surface area contributed by atoms with Gasteiger partial charge in [-0.1, -0.05) is 95.5 Å². The lowest BCUT2D eigenvalue weighted by Crippen LogP contribution is -2.43. The van der Waals surface area contributed by atoms with Gasteiger partial charge in [-0.2, -0.15) is 0 Å². The van der Waals surface area contributed by atoms with Gasteiger partial charge in [0.1, 0.15) is 6.04 Å². The molecule has 1 aromatic rings. The van der Waals surface area contributed by atoms with Crippen molar-refractivity contribution in [2.24, 2.45) is 0 Å². The molecule has 0 radical (unpaired) electrons. The van der Waals surface area contributed by atoms with Crippen LogP contribution in [-0.2, 0) is 0 Å². The molecule has 0 fully saturated rings. The van der Waals surface area contributed by atoms with Gasteiger partial charge >= 0.3 is 0 Å². The first-order valence-corrected chi connectivity index (χ1v) is 10.5. The Morgan fingerprint density at radius 3 is 1.71 bits per heavy atom. The Kier molecular flexibility index (Phi) is 11.1. The van der Waals surface area contributed by atoms with Crippen LogP contribution in [0.2, 0.25) is 0 Å². The summed E-state index contributed by atoms with van der Waals surface area (Å²) in [6, 6.07) is 11.7. The van der Waals surface area contributed by atoms with E-state index >= 15 is 0 Å². The van der Waals surface area contributed by atoms with Crippen LogP contribution in [0.25, 0.3) is 0 Å². The lowest BCUT2D eigenvalue weighted by Gasteiger charge is -2.38. The highest BCUT2D eigenvalue weighted by molar-refractivity contribution is 5.17. The van der Waals surface area contributed by atoms with Crippen LogP contribution in [0.4, 0.5) is 0 Å². The predicted molar refractivity (Wildman–Crippen MR) is 108 cm³/mol. The van der Waals surface area contributed by atoms with Crippen molar-refractivity contribution in [3.05, 3.63) is 35.9 Å². The van der Waals surface area contributed by atoms with Crippen molar-refractivity contribution in [2.75, 3.05) is 20.6 Å². The van der Waals surface area contributed by atoms with E-state index in [2.05, 4.69) is 58.3 Å². The molecular weight excluding hydrogens is 290 g/mol. The molecule has 138 valence electrons. The zero-order valence-corrected chi connectivity index (χ0v) is 16.9. The second-order valence-corrected chi connectivity index (χ2v) is 8.02. The van der Waals surface area contributed by atoms with Crippen molar-refractivity contribution in [3.8, 4) is 0 Å². The zero-order valence-electron chi connectivity index (χ0n) is 16.9. The average molecular weight is 333 g/mol. The highest BCUT2D eigenvalue weighted by Crippen LogP contribution is 2.28. The molecule has 0 aliphatic rings. The van der Waals surface area contributed by atoms with E-state index in [0.29, 0.717) is 6.04 Å². The first-order valence-electron chi connectivity index (χ1n) is 10.5. The summed E-state index contributed by atoms with van der Waals surface area (Å²) in [5.41, 5.74) is 1.50. The summed E-state index contributed by atoms with van der Waals surface area (Å²) in [6.07, 6.45) is 15.4. The maximum atomic E-state index is 2.41. The molecule has 0 spiro atoms. The minimum Gasteiger partial charge on any atom is -0.322 e. The maximum absolute atomic E-state index is 2.41. The van der Waals surface area contributed by atoms with Crippen LogP contribution in [-0.4, -0.2) is 25.1 Å². The van der Waals surface area contributed by atoms with Crippen molar-refractivity contribution >= 4 is 0 Å². The molecule has 0 aliphatic carbocycles. The molecule has 0 bridgehead atoms. The SMILES string of the molecule is CCCCCCCCCCCC[N+](C)(C)[C@@H](CC)c1ccccc1. The van der Waals surface area contributed by atoms with Gasteiger partial charge in [-0.15, -0.1) is 0 Å². The van der Waals surface area contributed by atoms with Gasteiger partial charge in [0, 0.05) is 12.0 Å². The first kappa shape index (κ1) is 21.2. The van der Waals surface area contributed by atoms with Gasteiger partial charge in [0.2, 0.25) is 0 Å². The normalized spacial score (nSPS) is 13.2. The number of rotatable bonds is 14. The summed E-state index contributed by atoms with van der Waals surface area (Å²) in [4.78, 5) is 0. The maximum Gasteiger partial charge on any atom is 0.114 e. The third-order valence-corrected chi connectivity index (χ3v) is 5.50. The second kappa shape index (κ2) is 12.5. The van der Waals surface area contributed by atoms with Gasteiger partial charge in [-0.05, 0) is 12.8 Å². The van der Waals surface area contributed by atoms with Crippen molar-refractivity contribution in [1.82, 2.24) is 0 Å². The van der Waals surface area contributed by atoms with Crippen LogP contribution < -0.4 is 0 Å². The number of benzene rings is 1. The van der Waals surface area contributed by atoms with Gasteiger partial charge in [0.05, 0.1) is 20.6 Å². The van der Waals surface area contributed by atoms with Gasteiger partial charge in [0.25, 0.3) is 0 Å².